The molecule has 0 radical (unpaired) electrons. The van der Waals surface area contributed by atoms with Crippen molar-refractivity contribution in [2.75, 3.05) is 14.2 Å². The summed E-state index contributed by atoms with van der Waals surface area (Å²) in [6, 6.07) is 7.15. The van der Waals surface area contributed by atoms with Gasteiger partial charge in [0.05, 0.1) is 26.2 Å². The monoisotopic (exact) mass is 289 g/mol. The number of hydrogen-bond donors (Lipinski definition) is 1. The van der Waals surface area contributed by atoms with Gasteiger partial charge in [-0.15, -0.1) is 0 Å². The summed E-state index contributed by atoms with van der Waals surface area (Å²) < 4.78 is 11.7. The molecule has 1 heterocycles. The summed E-state index contributed by atoms with van der Waals surface area (Å²) in [7, 11) is 2.96. The molecule has 1 aromatic heterocycles. The van der Waals surface area contributed by atoms with Crippen LogP contribution in [0, 0.1) is 0 Å². The van der Waals surface area contributed by atoms with Crippen LogP contribution in [0.3, 0.4) is 0 Å². The molecular formula is C15H19N3O3. The van der Waals surface area contributed by atoms with Crippen molar-refractivity contribution in [1.29, 1.82) is 0 Å². The van der Waals surface area contributed by atoms with Gasteiger partial charge in [-0.05, 0) is 17.7 Å². The summed E-state index contributed by atoms with van der Waals surface area (Å²) in [6.07, 6.45) is 3.96. The lowest BCUT2D eigenvalue weighted by Gasteiger charge is -2.07. The van der Waals surface area contributed by atoms with E-state index in [-0.39, 0.29) is 0 Å². The lowest BCUT2D eigenvalue weighted by molar-refractivity contribution is -0.142. The van der Waals surface area contributed by atoms with Gasteiger partial charge in [-0.1, -0.05) is 12.1 Å². The maximum absolute atomic E-state index is 11.3. The van der Waals surface area contributed by atoms with Crippen molar-refractivity contribution in [2.24, 2.45) is 5.73 Å². The summed E-state index contributed by atoms with van der Waals surface area (Å²) in [5.41, 5.74) is 7.59. The molecule has 0 saturated carbocycles. The minimum atomic E-state index is -0.685. The maximum atomic E-state index is 11.3. The Morgan fingerprint density at radius 2 is 2.24 bits per heavy atom. The van der Waals surface area contributed by atoms with Gasteiger partial charge in [0, 0.05) is 19.2 Å². The maximum Gasteiger partial charge on any atom is 0.323 e. The van der Waals surface area contributed by atoms with Crippen molar-refractivity contribution in [3.05, 3.63) is 48.0 Å². The molecule has 2 rings (SSSR count). The van der Waals surface area contributed by atoms with Crippen LogP contribution < -0.4 is 10.5 Å². The first-order valence-corrected chi connectivity index (χ1v) is 6.59. The van der Waals surface area contributed by atoms with Gasteiger partial charge in [-0.3, -0.25) is 4.79 Å². The molecule has 0 aliphatic carbocycles. The van der Waals surface area contributed by atoms with Gasteiger partial charge in [0.1, 0.15) is 11.8 Å². The van der Waals surface area contributed by atoms with E-state index in [1.54, 1.807) is 13.4 Å². The second kappa shape index (κ2) is 6.90. The number of esters is 1. The fraction of sp³-hybridized carbons (Fsp3) is 0.333. The number of nitrogens with two attached hydrogens (primary N) is 1. The molecule has 0 amide bonds. The van der Waals surface area contributed by atoms with Crippen molar-refractivity contribution < 1.29 is 14.3 Å². The molecule has 0 spiro atoms. The third kappa shape index (κ3) is 4.06. The first-order valence-electron chi connectivity index (χ1n) is 6.59. The van der Waals surface area contributed by atoms with Crippen molar-refractivity contribution in [3.63, 3.8) is 0 Å². The van der Waals surface area contributed by atoms with Crippen LogP contribution in [0.15, 0.2) is 36.8 Å². The highest BCUT2D eigenvalue weighted by Crippen LogP contribution is 2.14. The van der Waals surface area contributed by atoms with E-state index >= 15 is 0 Å². The summed E-state index contributed by atoms with van der Waals surface area (Å²) in [6.45, 7) is 0.678. The number of imidazole rings is 1. The Labute approximate surface area is 123 Å². The van der Waals surface area contributed by atoms with Crippen LogP contribution in [0.4, 0.5) is 0 Å². The smallest absolute Gasteiger partial charge is 0.323 e. The largest absolute Gasteiger partial charge is 0.497 e. The van der Waals surface area contributed by atoms with E-state index in [2.05, 4.69) is 9.72 Å². The fourth-order valence-electron chi connectivity index (χ4n) is 2.04. The molecule has 112 valence electrons. The molecule has 0 fully saturated rings. The number of aromatic nitrogens is 2. The number of hydrogen-bond acceptors (Lipinski definition) is 5. The first kappa shape index (κ1) is 15.1. The highest BCUT2D eigenvalue weighted by Gasteiger charge is 2.15. The van der Waals surface area contributed by atoms with Gasteiger partial charge >= 0.3 is 5.97 Å². The van der Waals surface area contributed by atoms with E-state index < -0.39 is 12.0 Å². The summed E-state index contributed by atoms with van der Waals surface area (Å²) >= 11 is 0. The molecule has 21 heavy (non-hydrogen) atoms. The average molecular weight is 289 g/mol. The zero-order chi connectivity index (χ0) is 15.2. The highest BCUT2D eigenvalue weighted by atomic mass is 16.5. The quantitative estimate of drug-likeness (QED) is 0.802. The minimum Gasteiger partial charge on any atom is -0.497 e. The molecule has 1 unspecified atom stereocenters. The predicted molar refractivity (Wildman–Crippen MR) is 78.0 cm³/mol. The zero-order valence-corrected chi connectivity index (χ0v) is 12.2. The van der Waals surface area contributed by atoms with E-state index in [0.29, 0.717) is 13.0 Å². The van der Waals surface area contributed by atoms with Gasteiger partial charge in [0.2, 0.25) is 0 Å². The van der Waals surface area contributed by atoms with E-state index in [1.165, 1.54) is 7.11 Å². The van der Waals surface area contributed by atoms with Crippen molar-refractivity contribution >= 4 is 5.97 Å². The molecule has 0 aliphatic rings. The van der Waals surface area contributed by atoms with Crippen LogP contribution in [0.25, 0.3) is 0 Å². The molecule has 0 saturated heterocycles. The Bertz CT molecular complexity index is 610. The molecule has 1 atom stereocenters. The summed E-state index contributed by atoms with van der Waals surface area (Å²) in [5.74, 6) is 0.387. The third-order valence-electron chi connectivity index (χ3n) is 3.12. The molecule has 6 heteroatoms. The molecule has 0 aliphatic heterocycles. The molecule has 2 aromatic rings. The number of benzene rings is 1. The standard InChI is InChI=1S/C15H19N3O3/c1-20-13-5-3-4-11(6-13)8-18-9-12(17-10-18)7-14(16)15(19)21-2/h3-6,9-10,14H,7-8,16H2,1-2H3. The van der Waals surface area contributed by atoms with Crippen LogP contribution in [0.5, 0.6) is 5.75 Å². The number of methoxy groups -OCH3 is 2. The van der Waals surface area contributed by atoms with Crippen molar-refractivity contribution in [1.82, 2.24) is 9.55 Å². The second-order valence-electron chi connectivity index (χ2n) is 4.72. The molecule has 1 aromatic carbocycles. The van der Waals surface area contributed by atoms with Crippen LogP contribution in [-0.2, 0) is 22.5 Å². The van der Waals surface area contributed by atoms with Crippen molar-refractivity contribution in [3.8, 4) is 5.75 Å². The molecule has 2 N–H and O–H groups in total. The summed E-state index contributed by atoms with van der Waals surface area (Å²) in [5, 5.41) is 0. The number of carbonyl (C=O) groups is 1. The Morgan fingerprint density at radius 3 is 2.95 bits per heavy atom. The molecular weight excluding hydrogens is 270 g/mol. The van der Waals surface area contributed by atoms with Gasteiger partial charge in [-0.2, -0.15) is 0 Å². The predicted octanol–water partition coefficient (Wildman–Crippen LogP) is 0.983. The lowest BCUT2D eigenvalue weighted by atomic mass is 10.2. The Balaban J connectivity index is 2.01. The van der Waals surface area contributed by atoms with Crippen LogP contribution in [0.1, 0.15) is 11.3 Å². The topological polar surface area (TPSA) is 79.4 Å². The number of rotatable bonds is 6. The van der Waals surface area contributed by atoms with E-state index in [4.69, 9.17) is 10.5 Å². The summed E-state index contributed by atoms with van der Waals surface area (Å²) in [4.78, 5) is 15.5. The number of carbonyl (C=O) groups excluding carboxylic acids is 1. The number of ether oxygens (including phenoxy) is 2. The van der Waals surface area contributed by atoms with Gasteiger partial charge in [-0.25, -0.2) is 4.98 Å². The lowest BCUT2D eigenvalue weighted by Crippen LogP contribution is -2.33. The Hall–Kier alpha value is -2.34. The fourth-order valence-corrected chi connectivity index (χ4v) is 2.04. The normalized spacial score (nSPS) is 12.0. The average Bonchev–Trinajstić information content (AvgIpc) is 2.93. The van der Waals surface area contributed by atoms with Crippen molar-refractivity contribution in [2.45, 2.75) is 19.0 Å². The SMILES string of the molecule is COC(=O)C(N)Cc1cn(Cc2cccc(OC)c2)cn1. The number of nitrogens with zero attached hydrogens (tertiary/aromatic N) is 2. The van der Waals surface area contributed by atoms with Crippen LogP contribution >= 0.6 is 0 Å². The zero-order valence-electron chi connectivity index (χ0n) is 12.2. The van der Waals surface area contributed by atoms with Gasteiger partial charge in [0.15, 0.2) is 0 Å². The third-order valence-corrected chi connectivity index (χ3v) is 3.12. The van der Waals surface area contributed by atoms with E-state index in [9.17, 15) is 4.79 Å². The molecule has 6 nitrogen and oxygen atoms in total. The second-order valence-corrected chi connectivity index (χ2v) is 4.72. The molecule has 0 bridgehead atoms. The Kier molecular flexibility index (Phi) is 4.94. The van der Waals surface area contributed by atoms with Gasteiger partial charge in [0.25, 0.3) is 0 Å². The van der Waals surface area contributed by atoms with Crippen LogP contribution in [0.2, 0.25) is 0 Å². The van der Waals surface area contributed by atoms with Gasteiger partial charge < -0.3 is 19.8 Å². The highest BCUT2D eigenvalue weighted by molar-refractivity contribution is 5.75. The first-order chi connectivity index (χ1) is 10.1. The van der Waals surface area contributed by atoms with E-state index in [1.807, 2.05) is 35.0 Å². The Morgan fingerprint density at radius 1 is 1.43 bits per heavy atom. The van der Waals surface area contributed by atoms with Crippen LogP contribution in [-0.4, -0.2) is 35.8 Å². The minimum absolute atomic E-state index is 0.359. The van der Waals surface area contributed by atoms with E-state index in [0.717, 1.165) is 17.0 Å².